The quantitative estimate of drug-likeness (QED) is 0.469. The zero-order valence-corrected chi connectivity index (χ0v) is 16.9. The topological polar surface area (TPSA) is 74.5 Å². The predicted molar refractivity (Wildman–Crippen MR) is 108 cm³/mol. The third-order valence-electron chi connectivity index (χ3n) is 5.28. The minimum Gasteiger partial charge on any atom is -0.306 e. The summed E-state index contributed by atoms with van der Waals surface area (Å²) in [6.07, 6.45) is -1.74. The molecule has 156 valence electrons. The van der Waals surface area contributed by atoms with Gasteiger partial charge in [0.05, 0.1) is 22.2 Å². The van der Waals surface area contributed by atoms with E-state index >= 15 is 0 Å². The van der Waals surface area contributed by atoms with Gasteiger partial charge < -0.3 is 4.98 Å². The number of H-pyrrole nitrogens is 1. The number of fused-ring (bicyclic) bond motifs is 2. The molecule has 4 rings (SSSR count). The average Bonchev–Trinajstić information content (AvgIpc) is 3.04. The van der Waals surface area contributed by atoms with Gasteiger partial charge in [-0.1, -0.05) is 12.1 Å². The zero-order chi connectivity index (χ0) is 21.3. The predicted octanol–water partition coefficient (Wildman–Crippen LogP) is 4.68. The normalized spacial score (nSPS) is 13.9. The molecular weight excluding hydrogens is 413 g/mol. The maximum atomic E-state index is 13.7. The third-order valence-corrected chi connectivity index (χ3v) is 6.34. The highest BCUT2D eigenvalue weighted by Gasteiger charge is 2.39. The Labute approximate surface area is 174 Å². The molecule has 1 aromatic carbocycles. The second-order valence-corrected chi connectivity index (χ2v) is 8.29. The van der Waals surface area contributed by atoms with Crippen LogP contribution < -0.4 is 5.69 Å². The summed E-state index contributed by atoms with van der Waals surface area (Å²) in [6, 6.07) is 9.08. The molecule has 0 amide bonds. The Morgan fingerprint density at radius 2 is 2.00 bits per heavy atom. The van der Waals surface area contributed by atoms with Crippen LogP contribution >= 0.6 is 11.8 Å². The van der Waals surface area contributed by atoms with E-state index in [0.29, 0.717) is 43.7 Å². The monoisotopic (exact) mass is 432 g/mol. The van der Waals surface area contributed by atoms with Gasteiger partial charge in [0.1, 0.15) is 11.1 Å². The summed E-state index contributed by atoms with van der Waals surface area (Å²) < 4.78 is 42.8. The van der Waals surface area contributed by atoms with E-state index in [1.54, 1.807) is 10.6 Å². The van der Waals surface area contributed by atoms with Crippen LogP contribution in [0.5, 0.6) is 0 Å². The number of halogens is 3. The van der Waals surface area contributed by atoms with Gasteiger partial charge in [0, 0.05) is 18.0 Å². The molecule has 0 radical (unpaired) electrons. The minimum absolute atomic E-state index is 0.136. The lowest BCUT2D eigenvalue weighted by Crippen LogP contribution is -2.19. The molecule has 5 nitrogen and oxygen atoms in total. The smallest absolute Gasteiger partial charge is 0.306 e. The van der Waals surface area contributed by atoms with Gasteiger partial charge in [-0.15, -0.1) is 11.8 Å². The molecule has 0 fully saturated rings. The maximum absolute atomic E-state index is 13.7. The van der Waals surface area contributed by atoms with Crippen molar-refractivity contribution >= 4 is 22.8 Å². The van der Waals surface area contributed by atoms with E-state index in [0.717, 1.165) is 29.2 Å². The van der Waals surface area contributed by atoms with Gasteiger partial charge in [0.2, 0.25) is 0 Å². The number of benzene rings is 1. The van der Waals surface area contributed by atoms with Crippen molar-refractivity contribution in [3.05, 3.63) is 57.1 Å². The van der Waals surface area contributed by atoms with Crippen molar-refractivity contribution in [2.24, 2.45) is 0 Å². The number of pyridine rings is 1. The molecule has 2 heterocycles. The third kappa shape index (κ3) is 3.84. The summed E-state index contributed by atoms with van der Waals surface area (Å²) in [7, 11) is 0. The second-order valence-electron chi connectivity index (χ2n) is 7.21. The molecule has 0 spiro atoms. The fraction of sp³-hybridized carbons (Fsp3) is 0.381. The number of rotatable bonds is 5. The van der Waals surface area contributed by atoms with Gasteiger partial charge in [-0.05, 0) is 49.8 Å². The number of alkyl halides is 3. The van der Waals surface area contributed by atoms with Crippen LogP contribution in [-0.4, -0.2) is 20.3 Å². The molecule has 0 atom stereocenters. The number of aromatic nitrogens is 3. The van der Waals surface area contributed by atoms with Crippen molar-refractivity contribution in [1.29, 1.82) is 5.26 Å². The summed E-state index contributed by atoms with van der Waals surface area (Å²) >= 11 is 1.15. The van der Waals surface area contributed by atoms with Crippen LogP contribution in [0.2, 0.25) is 0 Å². The molecule has 0 saturated heterocycles. The van der Waals surface area contributed by atoms with Gasteiger partial charge in [-0.2, -0.15) is 18.4 Å². The first-order valence-corrected chi connectivity index (χ1v) is 10.7. The number of hydrogen-bond acceptors (Lipinski definition) is 4. The van der Waals surface area contributed by atoms with Gasteiger partial charge in [-0.25, -0.2) is 9.78 Å². The summed E-state index contributed by atoms with van der Waals surface area (Å²) in [5, 5.41) is 9.61. The van der Waals surface area contributed by atoms with Crippen LogP contribution in [0, 0.1) is 11.3 Å². The summed E-state index contributed by atoms with van der Waals surface area (Å²) in [4.78, 5) is 19.3. The van der Waals surface area contributed by atoms with Crippen molar-refractivity contribution in [2.75, 3.05) is 5.75 Å². The van der Waals surface area contributed by atoms with E-state index in [4.69, 9.17) is 0 Å². The van der Waals surface area contributed by atoms with E-state index < -0.39 is 11.7 Å². The van der Waals surface area contributed by atoms with Crippen LogP contribution in [0.25, 0.3) is 11.0 Å². The molecule has 0 saturated carbocycles. The molecule has 3 aromatic rings. The molecule has 1 N–H and O–H groups in total. The average molecular weight is 432 g/mol. The van der Waals surface area contributed by atoms with Crippen LogP contribution in [-0.2, 0) is 25.6 Å². The SMILES string of the molecule is N#Cc1c(SCCCn2c(=O)[nH]c3ccccc32)nc2c(c1C(F)(F)F)CCCC2. The summed E-state index contributed by atoms with van der Waals surface area (Å²) in [5.74, 6) is 0.448. The Kier molecular flexibility index (Phi) is 5.60. The van der Waals surface area contributed by atoms with Crippen LogP contribution in [0.4, 0.5) is 13.2 Å². The fourth-order valence-electron chi connectivity index (χ4n) is 3.96. The molecule has 2 aromatic heterocycles. The van der Waals surface area contributed by atoms with E-state index in [1.165, 1.54) is 0 Å². The van der Waals surface area contributed by atoms with Gasteiger partial charge in [0.15, 0.2) is 0 Å². The summed E-state index contributed by atoms with van der Waals surface area (Å²) in [6.45, 7) is 0.425. The molecule has 1 aliphatic carbocycles. The Hall–Kier alpha value is -2.73. The fourth-order valence-corrected chi connectivity index (χ4v) is 4.89. The van der Waals surface area contributed by atoms with Crippen molar-refractivity contribution in [1.82, 2.24) is 14.5 Å². The van der Waals surface area contributed by atoms with Crippen LogP contribution in [0.3, 0.4) is 0 Å². The standard InChI is InChI=1S/C21H19F3N4OS/c22-21(23,24)18-13-6-1-2-7-15(13)26-19(14(18)12-25)30-11-5-10-28-17-9-4-3-8-16(17)27-20(28)29/h3-4,8-9H,1-2,5-7,10-11H2,(H,27,29). The highest BCUT2D eigenvalue weighted by atomic mass is 32.2. The number of aryl methyl sites for hydroxylation is 2. The molecule has 0 bridgehead atoms. The number of imidazole rings is 1. The van der Waals surface area contributed by atoms with Crippen molar-refractivity contribution in [2.45, 2.75) is 49.9 Å². The Bertz CT molecular complexity index is 1190. The van der Waals surface area contributed by atoms with Gasteiger partial charge >= 0.3 is 11.9 Å². The highest BCUT2D eigenvalue weighted by Crippen LogP contribution is 2.41. The molecule has 30 heavy (non-hydrogen) atoms. The Morgan fingerprint density at radius 1 is 1.23 bits per heavy atom. The largest absolute Gasteiger partial charge is 0.418 e. The first-order chi connectivity index (χ1) is 14.4. The van der Waals surface area contributed by atoms with E-state index in [-0.39, 0.29) is 21.8 Å². The van der Waals surface area contributed by atoms with Crippen LogP contribution in [0.1, 0.15) is 41.6 Å². The molecule has 1 aliphatic rings. The lowest BCUT2D eigenvalue weighted by Gasteiger charge is -2.22. The highest BCUT2D eigenvalue weighted by molar-refractivity contribution is 7.99. The van der Waals surface area contributed by atoms with E-state index in [1.807, 2.05) is 24.3 Å². The number of para-hydroxylation sites is 2. The van der Waals surface area contributed by atoms with Crippen molar-refractivity contribution in [3.63, 3.8) is 0 Å². The Balaban J connectivity index is 1.55. The first kappa shape index (κ1) is 20.5. The lowest BCUT2D eigenvalue weighted by atomic mass is 9.90. The number of hydrogen-bond donors (Lipinski definition) is 1. The minimum atomic E-state index is -4.58. The molecule has 9 heteroatoms. The van der Waals surface area contributed by atoms with Gasteiger partial charge in [-0.3, -0.25) is 4.57 Å². The second kappa shape index (κ2) is 8.19. The number of aromatic amines is 1. The van der Waals surface area contributed by atoms with E-state index in [2.05, 4.69) is 9.97 Å². The summed E-state index contributed by atoms with van der Waals surface area (Å²) in [5.41, 5.74) is 0.764. The van der Waals surface area contributed by atoms with Crippen molar-refractivity contribution < 1.29 is 13.2 Å². The van der Waals surface area contributed by atoms with Crippen molar-refractivity contribution in [3.8, 4) is 6.07 Å². The maximum Gasteiger partial charge on any atom is 0.418 e. The Morgan fingerprint density at radius 3 is 2.77 bits per heavy atom. The number of nitriles is 1. The van der Waals surface area contributed by atoms with Crippen LogP contribution in [0.15, 0.2) is 34.1 Å². The number of nitrogens with zero attached hydrogens (tertiary/aromatic N) is 3. The molecular formula is C21H19F3N4OS. The number of thioether (sulfide) groups is 1. The van der Waals surface area contributed by atoms with Gasteiger partial charge in [0.25, 0.3) is 0 Å². The number of nitrogens with one attached hydrogen (secondary N) is 1. The molecule has 0 aliphatic heterocycles. The van der Waals surface area contributed by atoms with E-state index in [9.17, 15) is 23.2 Å². The zero-order valence-electron chi connectivity index (χ0n) is 16.1. The lowest BCUT2D eigenvalue weighted by molar-refractivity contribution is -0.138. The first-order valence-electron chi connectivity index (χ1n) is 9.73. The molecule has 0 unspecified atom stereocenters.